The Balaban J connectivity index is 2.36. The van der Waals surface area contributed by atoms with E-state index in [-0.39, 0.29) is 12.5 Å². The molecule has 0 spiro atoms. The third kappa shape index (κ3) is 4.74. The van der Waals surface area contributed by atoms with Crippen LogP contribution in [0.4, 0.5) is 4.79 Å². The van der Waals surface area contributed by atoms with E-state index in [1.54, 1.807) is 0 Å². The van der Waals surface area contributed by atoms with Crippen LogP contribution in [-0.2, 0) is 9.53 Å². The van der Waals surface area contributed by atoms with Crippen LogP contribution in [0.15, 0.2) is 0 Å². The normalized spacial score (nSPS) is 17.8. The smallest absolute Gasteiger partial charge is 0.327 e. The molecular formula is C11H16N2O4. The predicted octanol–water partition coefficient (Wildman–Crippen LogP) is -0.0589. The summed E-state index contributed by atoms with van der Waals surface area (Å²) in [6.45, 7) is 1.22. The highest BCUT2D eigenvalue weighted by molar-refractivity contribution is 5.82. The van der Waals surface area contributed by atoms with Gasteiger partial charge in [0, 0.05) is 25.7 Å². The lowest BCUT2D eigenvalue weighted by atomic mass is 10.1. The standard InChI is InChI=1S/C11H16N2O4/c1-2-3-9(10(14)15)13-11(16)12-8-4-6-17-7-5-8/h1,8-9H,3-7H2,(H,14,15)(H2,12,13,16). The Morgan fingerprint density at radius 2 is 2.12 bits per heavy atom. The lowest BCUT2D eigenvalue weighted by Gasteiger charge is -2.24. The summed E-state index contributed by atoms with van der Waals surface area (Å²) < 4.78 is 5.15. The van der Waals surface area contributed by atoms with E-state index in [9.17, 15) is 9.59 Å². The highest BCUT2D eigenvalue weighted by Crippen LogP contribution is 2.05. The molecule has 2 amide bonds. The molecule has 0 bridgehead atoms. The van der Waals surface area contributed by atoms with Gasteiger partial charge in [0.2, 0.25) is 0 Å². The molecule has 0 aromatic rings. The second kappa shape index (κ2) is 6.76. The topological polar surface area (TPSA) is 87.7 Å². The molecular weight excluding hydrogens is 224 g/mol. The molecule has 1 atom stereocenters. The lowest BCUT2D eigenvalue weighted by molar-refractivity contribution is -0.139. The van der Waals surface area contributed by atoms with E-state index in [2.05, 4.69) is 16.6 Å². The summed E-state index contributed by atoms with van der Waals surface area (Å²) >= 11 is 0. The number of carboxylic acids is 1. The first-order valence-corrected chi connectivity index (χ1v) is 5.44. The molecule has 0 saturated carbocycles. The second-order valence-corrected chi connectivity index (χ2v) is 3.80. The second-order valence-electron chi connectivity index (χ2n) is 3.80. The number of amides is 2. The van der Waals surface area contributed by atoms with Crippen molar-refractivity contribution >= 4 is 12.0 Å². The van der Waals surface area contributed by atoms with Gasteiger partial charge < -0.3 is 20.5 Å². The molecule has 3 N–H and O–H groups in total. The van der Waals surface area contributed by atoms with E-state index in [1.165, 1.54) is 0 Å². The maximum atomic E-state index is 11.5. The number of urea groups is 1. The Bertz CT molecular complexity index is 318. The fourth-order valence-corrected chi connectivity index (χ4v) is 1.55. The Kier molecular flexibility index (Phi) is 5.30. The van der Waals surface area contributed by atoms with Crippen LogP contribution in [-0.4, -0.2) is 42.4 Å². The zero-order valence-corrected chi connectivity index (χ0v) is 9.44. The highest BCUT2D eigenvalue weighted by atomic mass is 16.5. The summed E-state index contributed by atoms with van der Waals surface area (Å²) in [4.78, 5) is 22.3. The van der Waals surface area contributed by atoms with Crippen LogP contribution >= 0.6 is 0 Å². The van der Waals surface area contributed by atoms with Crippen LogP contribution in [0.25, 0.3) is 0 Å². The molecule has 0 aromatic heterocycles. The average molecular weight is 240 g/mol. The van der Waals surface area contributed by atoms with E-state index < -0.39 is 18.0 Å². The van der Waals surface area contributed by atoms with E-state index in [0.29, 0.717) is 13.2 Å². The first-order valence-electron chi connectivity index (χ1n) is 5.44. The number of nitrogens with one attached hydrogen (secondary N) is 2. The van der Waals surface area contributed by atoms with Crippen LogP contribution in [0.2, 0.25) is 0 Å². The van der Waals surface area contributed by atoms with Crippen molar-refractivity contribution in [2.45, 2.75) is 31.3 Å². The number of hydrogen-bond donors (Lipinski definition) is 3. The van der Waals surface area contributed by atoms with Gasteiger partial charge in [-0.3, -0.25) is 0 Å². The van der Waals surface area contributed by atoms with Gasteiger partial charge in [-0.15, -0.1) is 12.3 Å². The van der Waals surface area contributed by atoms with Gasteiger partial charge in [0.15, 0.2) is 0 Å². The van der Waals surface area contributed by atoms with Gasteiger partial charge in [-0.1, -0.05) is 0 Å². The number of carboxylic acid groups (broad SMARTS) is 1. The summed E-state index contributed by atoms with van der Waals surface area (Å²) in [6.07, 6.45) is 6.47. The molecule has 6 heteroatoms. The Morgan fingerprint density at radius 1 is 1.47 bits per heavy atom. The number of hydrogen-bond acceptors (Lipinski definition) is 3. The van der Waals surface area contributed by atoms with Gasteiger partial charge in [-0.05, 0) is 12.8 Å². The molecule has 0 aromatic carbocycles. The van der Waals surface area contributed by atoms with E-state index in [4.69, 9.17) is 16.3 Å². The number of rotatable bonds is 4. The average Bonchev–Trinajstić information content (AvgIpc) is 2.29. The zero-order valence-electron chi connectivity index (χ0n) is 9.44. The minimum absolute atomic E-state index is 0.0312. The van der Waals surface area contributed by atoms with E-state index in [0.717, 1.165) is 12.8 Å². The number of aliphatic carboxylic acids is 1. The van der Waals surface area contributed by atoms with Gasteiger partial charge >= 0.3 is 12.0 Å². The SMILES string of the molecule is C#CCC(NC(=O)NC1CCOCC1)C(=O)O. The molecule has 0 aliphatic carbocycles. The molecule has 94 valence electrons. The van der Waals surface area contributed by atoms with Crippen LogP contribution in [0.5, 0.6) is 0 Å². The maximum absolute atomic E-state index is 11.5. The number of ether oxygens (including phenoxy) is 1. The van der Waals surface area contributed by atoms with Crippen LogP contribution in [0, 0.1) is 12.3 Å². The molecule has 1 fully saturated rings. The van der Waals surface area contributed by atoms with Crippen molar-refractivity contribution in [3.63, 3.8) is 0 Å². The molecule has 0 radical (unpaired) electrons. The third-order valence-electron chi connectivity index (χ3n) is 2.48. The monoisotopic (exact) mass is 240 g/mol. The Labute approximate surface area is 99.7 Å². The largest absolute Gasteiger partial charge is 0.480 e. The predicted molar refractivity (Wildman–Crippen MR) is 60.4 cm³/mol. The summed E-state index contributed by atoms with van der Waals surface area (Å²) in [6, 6.07) is -1.51. The van der Waals surface area contributed by atoms with Crippen molar-refractivity contribution in [1.29, 1.82) is 0 Å². The van der Waals surface area contributed by atoms with Crippen molar-refractivity contribution in [2.75, 3.05) is 13.2 Å². The first kappa shape index (κ1) is 13.3. The molecule has 1 rings (SSSR count). The van der Waals surface area contributed by atoms with Crippen LogP contribution in [0.1, 0.15) is 19.3 Å². The molecule has 1 heterocycles. The minimum atomic E-state index is -1.13. The van der Waals surface area contributed by atoms with Crippen LogP contribution in [0.3, 0.4) is 0 Å². The summed E-state index contributed by atoms with van der Waals surface area (Å²) in [5.74, 6) is 1.08. The molecule has 1 unspecified atom stereocenters. The van der Waals surface area contributed by atoms with Gasteiger partial charge in [-0.2, -0.15) is 0 Å². The third-order valence-corrected chi connectivity index (χ3v) is 2.48. The fraction of sp³-hybridized carbons (Fsp3) is 0.636. The first-order chi connectivity index (χ1) is 8.13. The number of terminal acetylenes is 1. The van der Waals surface area contributed by atoms with Crippen molar-refractivity contribution in [3.8, 4) is 12.3 Å². The molecule has 6 nitrogen and oxygen atoms in total. The molecule has 1 saturated heterocycles. The zero-order chi connectivity index (χ0) is 12.7. The highest BCUT2D eigenvalue weighted by Gasteiger charge is 2.21. The van der Waals surface area contributed by atoms with Gasteiger partial charge in [0.25, 0.3) is 0 Å². The quantitative estimate of drug-likeness (QED) is 0.601. The van der Waals surface area contributed by atoms with Crippen molar-refractivity contribution in [3.05, 3.63) is 0 Å². The summed E-state index contributed by atoms with van der Waals surface area (Å²) in [7, 11) is 0. The van der Waals surface area contributed by atoms with Gasteiger partial charge in [0.1, 0.15) is 6.04 Å². The maximum Gasteiger partial charge on any atom is 0.327 e. The van der Waals surface area contributed by atoms with Gasteiger partial charge in [0.05, 0.1) is 0 Å². The lowest BCUT2D eigenvalue weighted by Crippen LogP contribution is -2.50. The van der Waals surface area contributed by atoms with Crippen molar-refractivity contribution < 1.29 is 19.4 Å². The van der Waals surface area contributed by atoms with Gasteiger partial charge in [-0.25, -0.2) is 9.59 Å². The Hall–Kier alpha value is -1.74. The van der Waals surface area contributed by atoms with E-state index in [1.807, 2.05) is 0 Å². The molecule has 1 aliphatic rings. The van der Waals surface area contributed by atoms with Crippen molar-refractivity contribution in [1.82, 2.24) is 10.6 Å². The number of carbonyl (C=O) groups excluding carboxylic acids is 1. The summed E-state index contributed by atoms with van der Waals surface area (Å²) in [5, 5.41) is 13.8. The van der Waals surface area contributed by atoms with Crippen molar-refractivity contribution in [2.24, 2.45) is 0 Å². The Morgan fingerprint density at radius 3 is 2.65 bits per heavy atom. The number of carbonyl (C=O) groups is 2. The fourth-order valence-electron chi connectivity index (χ4n) is 1.55. The molecule has 1 aliphatic heterocycles. The van der Waals surface area contributed by atoms with Crippen LogP contribution < -0.4 is 10.6 Å². The summed E-state index contributed by atoms with van der Waals surface area (Å²) in [5.41, 5.74) is 0. The van der Waals surface area contributed by atoms with E-state index >= 15 is 0 Å². The molecule has 17 heavy (non-hydrogen) atoms. The minimum Gasteiger partial charge on any atom is -0.480 e.